The first-order valence-electron chi connectivity index (χ1n) is 7.23. The van der Waals surface area contributed by atoms with E-state index in [1.165, 1.54) is 6.07 Å². The van der Waals surface area contributed by atoms with E-state index in [1.807, 2.05) is 24.3 Å². The molecule has 0 aliphatic heterocycles. The second kappa shape index (κ2) is 6.01. The van der Waals surface area contributed by atoms with Crippen LogP contribution in [0.3, 0.4) is 0 Å². The van der Waals surface area contributed by atoms with E-state index in [4.69, 9.17) is 16.3 Å². The zero-order chi connectivity index (χ0) is 15.7. The first-order chi connectivity index (χ1) is 10.6. The van der Waals surface area contributed by atoms with Crippen LogP contribution in [0.5, 0.6) is 5.75 Å². The first kappa shape index (κ1) is 14.9. The third kappa shape index (κ3) is 2.69. The molecule has 0 N–H and O–H groups in total. The lowest BCUT2D eigenvalue weighted by Crippen LogP contribution is -2.08. The van der Waals surface area contributed by atoms with Gasteiger partial charge < -0.3 is 9.30 Å². The number of hydrogen-bond acceptors (Lipinski definition) is 1. The van der Waals surface area contributed by atoms with Gasteiger partial charge in [-0.05, 0) is 44.2 Å². The molecule has 114 valence electrons. The molecule has 0 saturated heterocycles. The van der Waals surface area contributed by atoms with Crippen molar-refractivity contribution in [3.8, 4) is 5.75 Å². The van der Waals surface area contributed by atoms with Crippen LogP contribution in [0.2, 0.25) is 5.02 Å². The molecule has 3 aromatic rings. The van der Waals surface area contributed by atoms with Crippen molar-refractivity contribution in [2.24, 2.45) is 0 Å². The molecule has 0 aliphatic carbocycles. The van der Waals surface area contributed by atoms with E-state index < -0.39 is 0 Å². The summed E-state index contributed by atoms with van der Waals surface area (Å²) < 4.78 is 21.5. The van der Waals surface area contributed by atoms with Gasteiger partial charge >= 0.3 is 0 Å². The Hall–Kier alpha value is -2.00. The van der Waals surface area contributed by atoms with Gasteiger partial charge in [-0.1, -0.05) is 29.8 Å². The molecular formula is C18H17ClFNO. The number of para-hydroxylation sites is 1. The van der Waals surface area contributed by atoms with Gasteiger partial charge in [-0.2, -0.15) is 0 Å². The molecule has 0 spiro atoms. The van der Waals surface area contributed by atoms with E-state index in [0.717, 1.165) is 16.6 Å². The number of halogens is 2. The molecule has 0 fully saturated rings. The van der Waals surface area contributed by atoms with Crippen LogP contribution >= 0.6 is 11.6 Å². The predicted molar refractivity (Wildman–Crippen MR) is 88.1 cm³/mol. The van der Waals surface area contributed by atoms with Crippen molar-refractivity contribution in [2.45, 2.75) is 26.5 Å². The molecule has 0 radical (unpaired) electrons. The quantitative estimate of drug-likeness (QED) is 0.611. The Labute approximate surface area is 134 Å². The van der Waals surface area contributed by atoms with Crippen LogP contribution in [-0.2, 0) is 6.61 Å². The number of aromatic nitrogens is 1. The third-order valence-electron chi connectivity index (χ3n) is 3.64. The van der Waals surface area contributed by atoms with Crippen molar-refractivity contribution in [1.82, 2.24) is 4.57 Å². The second-order valence-corrected chi connectivity index (χ2v) is 5.90. The summed E-state index contributed by atoms with van der Waals surface area (Å²) in [5.41, 5.74) is 2.04. The van der Waals surface area contributed by atoms with Crippen LogP contribution in [0.4, 0.5) is 4.39 Å². The van der Waals surface area contributed by atoms with E-state index in [-0.39, 0.29) is 17.6 Å². The summed E-state index contributed by atoms with van der Waals surface area (Å²) in [6.45, 7) is 4.50. The van der Waals surface area contributed by atoms with Gasteiger partial charge in [-0.15, -0.1) is 0 Å². The van der Waals surface area contributed by atoms with Crippen LogP contribution in [0.25, 0.3) is 10.9 Å². The minimum absolute atomic E-state index is 0.258. The Morgan fingerprint density at radius 1 is 1.14 bits per heavy atom. The highest BCUT2D eigenvalue weighted by Gasteiger charge is 2.14. The van der Waals surface area contributed by atoms with Gasteiger partial charge in [0.05, 0.1) is 11.2 Å². The van der Waals surface area contributed by atoms with Crippen molar-refractivity contribution < 1.29 is 9.13 Å². The summed E-state index contributed by atoms with van der Waals surface area (Å²) in [7, 11) is 0. The van der Waals surface area contributed by atoms with Crippen molar-refractivity contribution >= 4 is 22.5 Å². The van der Waals surface area contributed by atoms with Gasteiger partial charge in [0.1, 0.15) is 6.61 Å². The summed E-state index contributed by atoms with van der Waals surface area (Å²) in [4.78, 5) is 0. The molecule has 1 heterocycles. The molecule has 2 nitrogen and oxygen atoms in total. The Balaban J connectivity index is 1.98. The highest BCUT2D eigenvalue weighted by molar-refractivity contribution is 6.35. The smallest absolute Gasteiger partial charge is 0.165 e. The molecule has 3 rings (SSSR count). The van der Waals surface area contributed by atoms with E-state index in [2.05, 4.69) is 18.4 Å². The Kier molecular flexibility index (Phi) is 4.08. The van der Waals surface area contributed by atoms with Gasteiger partial charge in [0.25, 0.3) is 0 Å². The SMILES string of the molecule is CC(C)n1c(COc2ccccc2F)cc2c(Cl)cccc21. The summed E-state index contributed by atoms with van der Waals surface area (Å²) in [6, 6.07) is 14.5. The van der Waals surface area contributed by atoms with Gasteiger partial charge in [0.15, 0.2) is 11.6 Å². The minimum atomic E-state index is -0.354. The van der Waals surface area contributed by atoms with Crippen LogP contribution in [-0.4, -0.2) is 4.57 Å². The molecule has 4 heteroatoms. The molecule has 0 bridgehead atoms. The van der Waals surface area contributed by atoms with E-state index in [1.54, 1.807) is 18.2 Å². The summed E-state index contributed by atoms with van der Waals surface area (Å²) in [5, 5.41) is 1.70. The fraction of sp³-hybridized carbons (Fsp3) is 0.222. The topological polar surface area (TPSA) is 14.2 Å². The lowest BCUT2D eigenvalue weighted by Gasteiger charge is -2.15. The van der Waals surface area contributed by atoms with E-state index in [0.29, 0.717) is 11.6 Å². The third-order valence-corrected chi connectivity index (χ3v) is 3.97. The molecule has 0 aliphatic rings. The highest BCUT2D eigenvalue weighted by atomic mass is 35.5. The number of benzene rings is 2. The van der Waals surface area contributed by atoms with Crippen molar-refractivity contribution in [3.05, 3.63) is 65.1 Å². The summed E-state index contributed by atoms with van der Waals surface area (Å²) >= 11 is 6.28. The number of hydrogen-bond donors (Lipinski definition) is 0. The molecule has 0 atom stereocenters. The molecule has 22 heavy (non-hydrogen) atoms. The Morgan fingerprint density at radius 2 is 1.91 bits per heavy atom. The molecular weight excluding hydrogens is 301 g/mol. The monoisotopic (exact) mass is 317 g/mol. The molecule has 0 unspecified atom stereocenters. The predicted octanol–water partition coefficient (Wildman–Crippen LogP) is 5.59. The number of ether oxygens (including phenoxy) is 1. The van der Waals surface area contributed by atoms with Crippen LogP contribution < -0.4 is 4.74 Å². The Bertz CT molecular complexity index is 810. The van der Waals surface area contributed by atoms with E-state index >= 15 is 0 Å². The zero-order valence-electron chi connectivity index (χ0n) is 12.5. The Morgan fingerprint density at radius 3 is 2.64 bits per heavy atom. The largest absolute Gasteiger partial charge is 0.484 e. The molecule has 0 amide bonds. The van der Waals surface area contributed by atoms with Crippen molar-refractivity contribution in [3.63, 3.8) is 0 Å². The molecule has 2 aromatic carbocycles. The summed E-state index contributed by atoms with van der Waals surface area (Å²) in [6.07, 6.45) is 0. The minimum Gasteiger partial charge on any atom is -0.484 e. The lowest BCUT2D eigenvalue weighted by molar-refractivity contribution is 0.279. The van der Waals surface area contributed by atoms with Crippen LogP contribution in [0.15, 0.2) is 48.5 Å². The maximum absolute atomic E-state index is 13.7. The number of nitrogens with zero attached hydrogens (tertiary/aromatic N) is 1. The average molecular weight is 318 g/mol. The van der Waals surface area contributed by atoms with Gasteiger partial charge in [-0.25, -0.2) is 4.39 Å². The van der Waals surface area contributed by atoms with Gasteiger partial charge in [0, 0.05) is 16.5 Å². The number of rotatable bonds is 4. The van der Waals surface area contributed by atoms with E-state index in [9.17, 15) is 4.39 Å². The fourth-order valence-corrected chi connectivity index (χ4v) is 2.93. The fourth-order valence-electron chi connectivity index (χ4n) is 2.70. The van der Waals surface area contributed by atoms with Crippen LogP contribution in [0, 0.1) is 5.82 Å². The summed E-state index contributed by atoms with van der Waals surface area (Å²) in [5.74, 6) is -0.0955. The maximum atomic E-state index is 13.7. The van der Waals surface area contributed by atoms with Crippen molar-refractivity contribution in [2.75, 3.05) is 0 Å². The number of fused-ring (bicyclic) bond motifs is 1. The van der Waals surface area contributed by atoms with Crippen LogP contribution in [0.1, 0.15) is 25.6 Å². The molecule has 0 saturated carbocycles. The lowest BCUT2D eigenvalue weighted by atomic mass is 10.2. The highest BCUT2D eigenvalue weighted by Crippen LogP contribution is 2.30. The zero-order valence-corrected chi connectivity index (χ0v) is 13.3. The first-order valence-corrected chi connectivity index (χ1v) is 7.61. The molecule has 1 aromatic heterocycles. The standard InChI is InChI=1S/C18H17ClFNO/c1-12(2)21-13(10-14-15(19)6-5-8-17(14)21)11-22-18-9-4-3-7-16(18)20/h3-10,12H,11H2,1-2H3. The van der Waals surface area contributed by atoms with Gasteiger partial charge in [-0.3, -0.25) is 0 Å². The maximum Gasteiger partial charge on any atom is 0.165 e. The average Bonchev–Trinajstić information content (AvgIpc) is 2.86. The van der Waals surface area contributed by atoms with Crippen molar-refractivity contribution in [1.29, 1.82) is 0 Å². The second-order valence-electron chi connectivity index (χ2n) is 5.49. The van der Waals surface area contributed by atoms with Gasteiger partial charge in [0.2, 0.25) is 0 Å². The normalized spacial score (nSPS) is 11.3.